The lowest BCUT2D eigenvalue weighted by Crippen LogP contribution is -2.37. The minimum absolute atomic E-state index is 0.189. The molecule has 1 amide bonds. The molecule has 0 atom stereocenters. The molecule has 0 aliphatic heterocycles. The number of primary amides is 1. The van der Waals surface area contributed by atoms with Gasteiger partial charge in [-0.15, -0.1) is 0 Å². The van der Waals surface area contributed by atoms with Crippen LogP contribution in [0.15, 0.2) is 0 Å². The average molecular weight is 295 g/mol. The van der Waals surface area contributed by atoms with E-state index in [0.29, 0.717) is 17.8 Å². The number of carbonyl (C=O) groups is 1. The van der Waals surface area contributed by atoms with Gasteiger partial charge in [0.05, 0.1) is 0 Å². The summed E-state index contributed by atoms with van der Waals surface area (Å²) in [6, 6.07) is 0. The van der Waals surface area contributed by atoms with Gasteiger partial charge in [-0.2, -0.15) is 15.0 Å². The van der Waals surface area contributed by atoms with Gasteiger partial charge in [-0.1, -0.05) is 0 Å². The van der Waals surface area contributed by atoms with E-state index in [1.165, 1.54) is 0 Å². The quantitative estimate of drug-likeness (QED) is 0.651. The number of hydrogen-bond acceptors (Lipinski definition) is 7. The normalized spacial score (nSPS) is 11.1. The summed E-state index contributed by atoms with van der Waals surface area (Å²) < 4.78 is 0. The van der Waals surface area contributed by atoms with E-state index < -0.39 is 5.54 Å². The van der Waals surface area contributed by atoms with Gasteiger partial charge in [-0.25, -0.2) is 0 Å². The summed E-state index contributed by atoms with van der Waals surface area (Å²) in [5.41, 5.74) is 4.73. The molecule has 1 rings (SSSR count). The molecule has 8 heteroatoms. The second-order valence-electron chi connectivity index (χ2n) is 5.36. The van der Waals surface area contributed by atoms with E-state index in [2.05, 4.69) is 25.6 Å². The van der Waals surface area contributed by atoms with E-state index in [1.807, 2.05) is 32.6 Å². The summed E-state index contributed by atoms with van der Waals surface area (Å²) in [6.45, 7) is 9.42. The highest BCUT2D eigenvalue weighted by molar-refractivity contribution is 5.75. The predicted octanol–water partition coefficient (Wildman–Crippen LogP) is 0.825. The van der Waals surface area contributed by atoms with Crippen molar-refractivity contribution in [2.24, 2.45) is 5.73 Å². The Hall–Kier alpha value is -2.12. The van der Waals surface area contributed by atoms with Gasteiger partial charge in [0.1, 0.15) is 0 Å². The average Bonchev–Trinajstić information content (AvgIpc) is 2.37. The Morgan fingerprint density at radius 3 is 2.24 bits per heavy atom. The summed E-state index contributed by atoms with van der Waals surface area (Å²) in [5.74, 6) is 1.11. The number of anilines is 3. The van der Waals surface area contributed by atoms with Gasteiger partial charge in [0.2, 0.25) is 23.8 Å². The molecule has 1 heterocycles. The molecule has 8 nitrogen and oxygen atoms in total. The first kappa shape index (κ1) is 16.9. The number of carbonyl (C=O) groups excluding carboxylic acids is 1. The fraction of sp³-hybridized carbons (Fsp3) is 0.692. The lowest BCUT2D eigenvalue weighted by atomic mass is 10.0. The molecule has 1 aromatic rings. The van der Waals surface area contributed by atoms with Gasteiger partial charge in [0.15, 0.2) is 0 Å². The minimum Gasteiger partial charge on any atom is -0.370 e. The smallest absolute Gasteiger partial charge is 0.231 e. The molecule has 0 aromatic carbocycles. The second-order valence-corrected chi connectivity index (χ2v) is 5.36. The molecular weight excluding hydrogens is 270 g/mol. The third-order valence-corrected chi connectivity index (χ3v) is 2.96. The highest BCUT2D eigenvalue weighted by Crippen LogP contribution is 2.18. The van der Waals surface area contributed by atoms with Crippen molar-refractivity contribution in [3.63, 3.8) is 0 Å². The van der Waals surface area contributed by atoms with Crippen LogP contribution in [0.1, 0.15) is 34.1 Å². The fourth-order valence-electron chi connectivity index (χ4n) is 1.96. The Labute approximate surface area is 125 Å². The molecule has 4 N–H and O–H groups in total. The first-order valence-corrected chi connectivity index (χ1v) is 7.06. The van der Waals surface area contributed by atoms with Crippen LogP contribution in [0.4, 0.5) is 17.8 Å². The molecular formula is C13H25N7O. The first-order valence-electron chi connectivity index (χ1n) is 7.06. The Morgan fingerprint density at radius 1 is 1.19 bits per heavy atom. The van der Waals surface area contributed by atoms with Crippen molar-refractivity contribution in [1.82, 2.24) is 15.0 Å². The molecule has 118 valence electrons. The Kier molecular flexibility index (Phi) is 5.69. The number of rotatable bonds is 8. The third-order valence-electron chi connectivity index (χ3n) is 2.96. The number of nitrogens with zero attached hydrogens (tertiary/aromatic N) is 4. The number of aromatic nitrogens is 3. The summed E-state index contributed by atoms with van der Waals surface area (Å²) in [6.07, 6.45) is 0.189. The monoisotopic (exact) mass is 295 g/mol. The van der Waals surface area contributed by atoms with Gasteiger partial charge in [0, 0.05) is 32.1 Å². The minimum atomic E-state index is -0.529. The van der Waals surface area contributed by atoms with Gasteiger partial charge >= 0.3 is 0 Å². The summed E-state index contributed by atoms with van der Waals surface area (Å²) in [4.78, 5) is 26.2. The van der Waals surface area contributed by atoms with Crippen LogP contribution in [-0.2, 0) is 4.79 Å². The summed E-state index contributed by atoms with van der Waals surface area (Å²) >= 11 is 0. The van der Waals surface area contributed by atoms with Crippen molar-refractivity contribution >= 4 is 23.8 Å². The fourth-order valence-corrected chi connectivity index (χ4v) is 1.96. The molecule has 0 fully saturated rings. The molecule has 1 aromatic heterocycles. The van der Waals surface area contributed by atoms with Crippen molar-refractivity contribution in [2.75, 3.05) is 35.7 Å². The summed E-state index contributed by atoms with van der Waals surface area (Å²) in [5, 5.41) is 6.05. The zero-order valence-corrected chi connectivity index (χ0v) is 13.4. The molecule has 0 radical (unpaired) electrons. The van der Waals surface area contributed by atoms with Gasteiger partial charge in [0.25, 0.3) is 0 Å². The molecule has 0 spiro atoms. The Bertz CT molecular complexity index is 485. The van der Waals surface area contributed by atoms with Crippen LogP contribution in [0.5, 0.6) is 0 Å². The topological polar surface area (TPSA) is 109 Å². The number of nitrogens with two attached hydrogens (primary N) is 1. The molecule has 0 saturated carbocycles. The van der Waals surface area contributed by atoms with E-state index in [0.717, 1.165) is 13.1 Å². The highest BCUT2D eigenvalue weighted by Gasteiger charge is 2.22. The number of nitrogens with one attached hydrogen (secondary N) is 2. The summed E-state index contributed by atoms with van der Waals surface area (Å²) in [7, 11) is 1.75. The predicted molar refractivity (Wildman–Crippen MR) is 84.4 cm³/mol. The maximum Gasteiger partial charge on any atom is 0.231 e. The van der Waals surface area contributed by atoms with Crippen LogP contribution in [0, 0.1) is 0 Å². The van der Waals surface area contributed by atoms with Crippen LogP contribution in [0.2, 0.25) is 0 Å². The molecule has 21 heavy (non-hydrogen) atoms. The van der Waals surface area contributed by atoms with E-state index in [1.54, 1.807) is 7.05 Å². The van der Waals surface area contributed by atoms with Gasteiger partial charge in [-0.3, -0.25) is 4.79 Å². The zero-order valence-electron chi connectivity index (χ0n) is 13.4. The molecule has 0 aliphatic rings. The maximum atomic E-state index is 11.1. The standard InChI is InChI=1S/C13H25N7O/c1-6-20(7-2)12-17-10(15-5)16-11(18-12)19-13(3,4)8-9(14)21/h6-8H2,1-5H3,(H2,14,21)(H2,15,16,17,18,19). The molecule has 0 aliphatic carbocycles. The van der Waals surface area contributed by atoms with Gasteiger partial charge < -0.3 is 21.3 Å². The molecule has 0 saturated heterocycles. The van der Waals surface area contributed by atoms with Crippen LogP contribution in [0.3, 0.4) is 0 Å². The number of hydrogen-bond donors (Lipinski definition) is 3. The lowest BCUT2D eigenvalue weighted by Gasteiger charge is -2.26. The van der Waals surface area contributed by atoms with Crippen molar-refractivity contribution in [2.45, 2.75) is 39.7 Å². The molecule has 0 unspecified atom stereocenters. The van der Waals surface area contributed by atoms with E-state index in [4.69, 9.17) is 5.73 Å². The lowest BCUT2D eigenvalue weighted by molar-refractivity contribution is -0.118. The first-order chi connectivity index (χ1) is 9.81. The van der Waals surface area contributed by atoms with Gasteiger partial charge in [-0.05, 0) is 27.7 Å². The van der Waals surface area contributed by atoms with E-state index in [-0.39, 0.29) is 12.3 Å². The Morgan fingerprint density at radius 2 is 1.76 bits per heavy atom. The van der Waals surface area contributed by atoms with Crippen LogP contribution in [-0.4, -0.2) is 46.5 Å². The zero-order chi connectivity index (χ0) is 16.0. The van der Waals surface area contributed by atoms with Crippen LogP contribution in [0.25, 0.3) is 0 Å². The highest BCUT2D eigenvalue weighted by atomic mass is 16.1. The van der Waals surface area contributed by atoms with Crippen molar-refractivity contribution < 1.29 is 4.79 Å². The second kappa shape index (κ2) is 7.05. The van der Waals surface area contributed by atoms with Crippen molar-refractivity contribution in [1.29, 1.82) is 0 Å². The Balaban J connectivity index is 3.06. The largest absolute Gasteiger partial charge is 0.370 e. The van der Waals surface area contributed by atoms with Crippen LogP contribution >= 0.6 is 0 Å². The van der Waals surface area contributed by atoms with E-state index >= 15 is 0 Å². The molecule has 0 bridgehead atoms. The SMILES string of the molecule is CCN(CC)c1nc(NC)nc(NC(C)(C)CC(N)=O)n1. The van der Waals surface area contributed by atoms with Crippen molar-refractivity contribution in [3.8, 4) is 0 Å². The number of amides is 1. The van der Waals surface area contributed by atoms with Crippen molar-refractivity contribution in [3.05, 3.63) is 0 Å². The van der Waals surface area contributed by atoms with Crippen LogP contribution < -0.4 is 21.3 Å². The van der Waals surface area contributed by atoms with E-state index in [9.17, 15) is 4.79 Å². The third kappa shape index (κ3) is 5.05. The maximum absolute atomic E-state index is 11.1.